The van der Waals surface area contributed by atoms with Gasteiger partial charge in [0.2, 0.25) is 0 Å². The second-order valence-electron chi connectivity index (χ2n) is 13.3. The topological polar surface area (TPSA) is 16.4 Å². The van der Waals surface area contributed by atoms with Gasteiger partial charge in [-0.3, -0.25) is 0 Å². The number of anilines is 3. The molecular weight excluding hydrogens is 631 g/mol. The van der Waals surface area contributed by atoms with Gasteiger partial charge in [-0.1, -0.05) is 152 Å². The predicted molar refractivity (Wildman–Crippen MR) is 220 cm³/mol. The summed E-state index contributed by atoms with van der Waals surface area (Å²) in [5.74, 6) is 0. The summed E-state index contributed by atoms with van der Waals surface area (Å²) in [5.41, 5.74) is 12.0. The predicted octanol–water partition coefficient (Wildman–Crippen LogP) is 14.4. The molecule has 2 heteroatoms. The normalized spacial score (nSPS) is 11.5. The molecule has 0 aliphatic heterocycles. The zero-order chi connectivity index (χ0) is 34.4. The molecule has 0 amide bonds. The molecule has 0 unspecified atom stereocenters. The molecule has 0 N–H and O–H groups in total. The smallest absolute Gasteiger partial charge is 0.159 e. The summed E-state index contributed by atoms with van der Waals surface area (Å²) >= 11 is 0. The molecule has 2 nitrogen and oxygen atoms in total. The van der Waals surface area contributed by atoms with Crippen molar-refractivity contribution in [3.05, 3.63) is 200 Å². The summed E-state index contributed by atoms with van der Waals surface area (Å²) < 4.78 is 6.73. The molecule has 0 aliphatic rings. The third-order valence-electron chi connectivity index (χ3n) is 10.3. The summed E-state index contributed by atoms with van der Waals surface area (Å²) in [6.07, 6.45) is 0. The molecule has 0 bridgehead atoms. The average molecular weight is 664 g/mol. The Morgan fingerprint density at radius 1 is 0.327 bits per heavy atom. The molecule has 0 atom stereocenters. The van der Waals surface area contributed by atoms with Gasteiger partial charge in [-0.25, -0.2) is 0 Å². The van der Waals surface area contributed by atoms with Gasteiger partial charge >= 0.3 is 0 Å². The maximum absolute atomic E-state index is 6.73. The lowest BCUT2D eigenvalue weighted by Crippen LogP contribution is -2.10. The van der Waals surface area contributed by atoms with Gasteiger partial charge in [-0.15, -0.1) is 0 Å². The average Bonchev–Trinajstić information content (AvgIpc) is 3.61. The summed E-state index contributed by atoms with van der Waals surface area (Å²) in [7, 11) is 0. The molecule has 52 heavy (non-hydrogen) atoms. The lowest BCUT2D eigenvalue weighted by Gasteiger charge is -2.26. The van der Waals surface area contributed by atoms with Gasteiger partial charge in [0.1, 0.15) is 5.58 Å². The van der Waals surface area contributed by atoms with E-state index in [9.17, 15) is 0 Å². The fourth-order valence-corrected chi connectivity index (χ4v) is 7.71. The van der Waals surface area contributed by atoms with Gasteiger partial charge in [-0.2, -0.15) is 0 Å². The SMILES string of the molecule is c1ccc(-c2ccc(N(c3ccc(-c4cc5ccccc5c5ccccc45)cc3)c3cccc4c3oc3ccc(-c5ccccc5)cc34)cc2)cc1. The highest BCUT2D eigenvalue weighted by Crippen LogP contribution is 2.44. The fraction of sp³-hybridized carbons (Fsp3) is 0. The van der Waals surface area contributed by atoms with Crippen molar-refractivity contribution in [3.8, 4) is 33.4 Å². The Morgan fingerprint density at radius 2 is 0.865 bits per heavy atom. The number of rotatable bonds is 6. The van der Waals surface area contributed by atoms with E-state index in [1.54, 1.807) is 0 Å². The van der Waals surface area contributed by atoms with E-state index < -0.39 is 0 Å². The second-order valence-corrected chi connectivity index (χ2v) is 13.3. The fourth-order valence-electron chi connectivity index (χ4n) is 7.71. The van der Waals surface area contributed by atoms with Crippen molar-refractivity contribution in [2.45, 2.75) is 0 Å². The largest absolute Gasteiger partial charge is 0.454 e. The van der Waals surface area contributed by atoms with E-state index in [1.807, 2.05) is 0 Å². The molecule has 10 aromatic rings. The number of hydrogen-bond donors (Lipinski definition) is 0. The van der Waals surface area contributed by atoms with Crippen LogP contribution in [-0.2, 0) is 0 Å². The van der Waals surface area contributed by atoms with E-state index in [1.165, 1.54) is 54.9 Å². The maximum Gasteiger partial charge on any atom is 0.159 e. The van der Waals surface area contributed by atoms with Crippen molar-refractivity contribution in [2.24, 2.45) is 0 Å². The van der Waals surface area contributed by atoms with Crippen LogP contribution in [-0.4, -0.2) is 0 Å². The first-order chi connectivity index (χ1) is 25.8. The number of fused-ring (bicyclic) bond motifs is 6. The molecule has 1 heterocycles. The van der Waals surface area contributed by atoms with E-state index in [2.05, 4.69) is 205 Å². The zero-order valence-corrected chi connectivity index (χ0v) is 28.4. The third-order valence-corrected chi connectivity index (χ3v) is 10.3. The Labute approximate surface area is 302 Å². The van der Waals surface area contributed by atoms with Crippen LogP contribution >= 0.6 is 0 Å². The van der Waals surface area contributed by atoms with Gasteiger partial charge in [0.25, 0.3) is 0 Å². The van der Waals surface area contributed by atoms with Crippen molar-refractivity contribution in [2.75, 3.05) is 4.90 Å². The zero-order valence-electron chi connectivity index (χ0n) is 28.4. The van der Waals surface area contributed by atoms with E-state index >= 15 is 0 Å². The summed E-state index contributed by atoms with van der Waals surface area (Å²) in [5, 5.41) is 7.24. The van der Waals surface area contributed by atoms with Crippen molar-refractivity contribution in [1.82, 2.24) is 0 Å². The Bertz CT molecular complexity index is 2870. The molecule has 1 aromatic heterocycles. The van der Waals surface area contributed by atoms with Crippen molar-refractivity contribution in [1.29, 1.82) is 0 Å². The van der Waals surface area contributed by atoms with E-state index in [0.29, 0.717) is 0 Å². The van der Waals surface area contributed by atoms with Crippen LogP contribution in [0.4, 0.5) is 17.1 Å². The molecule has 0 aliphatic carbocycles. The molecule has 0 spiro atoms. The van der Waals surface area contributed by atoms with Crippen LogP contribution in [0.15, 0.2) is 205 Å². The summed E-state index contributed by atoms with van der Waals surface area (Å²) in [4.78, 5) is 2.32. The summed E-state index contributed by atoms with van der Waals surface area (Å²) in [6, 6.07) is 71.6. The van der Waals surface area contributed by atoms with Gasteiger partial charge < -0.3 is 9.32 Å². The Balaban J connectivity index is 1.13. The minimum Gasteiger partial charge on any atom is -0.454 e. The minimum atomic E-state index is 0.861. The number of para-hydroxylation sites is 1. The van der Waals surface area contributed by atoms with Crippen LogP contribution in [0.5, 0.6) is 0 Å². The molecule has 0 saturated heterocycles. The minimum absolute atomic E-state index is 0.861. The van der Waals surface area contributed by atoms with Gasteiger partial charge in [0.15, 0.2) is 5.58 Å². The van der Waals surface area contributed by atoms with Crippen LogP contribution in [0.2, 0.25) is 0 Å². The number of furan rings is 1. The van der Waals surface area contributed by atoms with E-state index in [0.717, 1.165) is 39.0 Å². The first-order valence-corrected chi connectivity index (χ1v) is 17.8. The Morgan fingerprint density at radius 3 is 1.58 bits per heavy atom. The van der Waals surface area contributed by atoms with Gasteiger partial charge in [0.05, 0.1) is 5.69 Å². The van der Waals surface area contributed by atoms with Crippen LogP contribution < -0.4 is 4.90 Å². The van der Waals surface area contributed by atoms with Crippen LogP contribution in [0.25, 0.3) is 76.9 Å². The number of hydrogen-bond acceptors (Lipinski definition) is 2. The highest BCUT2D eigenvalue weighted by atomic mass is 16.3. The monoisotopic (exact) mass is 663 g/mol. The lowest BCUT2D eigenvalue weighted by molar-refractivity contribution is 0.669. The molecule has 10 rings (SSSR count). The molecule has 9 aromatic carbocycles. The molecule has 0 fully saturated rings. The number of nitrogens with zero attached hydrogens (tertiary/aromatic N) is 1. The first-order valence-electron chi connectivity index (χ1n) is 17.8. The number of benzene rings is 9. The second kappa shape index (κ2) is 12.5. The van der Waals surface area contributed by atoms with Gasteiger partial charge in [-0.05, 0) is 103 Å². The van der Waals surface area contributed by atoms with Crippen molar-refractivity contribution >= 4 is 60.5 Å². The lowest BCUT2D eigenvalue weighted by atomic mass is 9.93. The van der Waals surface area contributed by atoms with Crippen LogP contribution in [0, 0.1) is 0 Å². The van der Waals surface area contributed by atoms with Crippen molar-refractivity contribution < 1.29 is 4.42 Å². The molecule has 244 valence electrons. The molecule has 0 saturated carbocycles. The quantitative estimate of drug-likeness (QED) is 0.165. The van der Waals surface area contributed by atoms with E-state index in [4.69, 9.17) is 4.42 Å². The molecule has 0 radical (unpaired) electrons. The standard InChI is InChI=1S/C50H33NO/c1-3-12-34(13-4-1)36-22-27-40(28-23-36)51(48-21-11-20-45-47-32-38(35-14-5-2-6-15-35)26-31-49(47)52-50(45)48)41-29-24-37(25-30-41)46-33-39-16-7-8-17-42(39)43-18-9-10-19-44(43)46/h1-33H. The summed E-state index contributed by atoms with van der Waals surface area (Å²) in [6.45, 7) is 0. The molecular formula is C50H33NO. The Hall–Kier alpha value is -6.90. The van der Waals surface area contributed by atoms with Crippen molar-refractivity contribution in [3.63, 3.8) is 0 Å². The highest BCUT2D eigenvalue weighted by molar-refractivity contribution is 6.14. The van der Waals surface area contributed by atoms with E-state index in [-0.39, 0.29) is 0 Å². The third kappa shape index (κ3) is 5.12. The first kappa shape index (κ1) is 30.0. The van der Waals surface area contributed by atoms with Gasteiger partial charge in [0, 0.05) is 22.1 Å². The maximum atomic E-state index is 6.73. The van der Waals surface area contributed by atoms with Crippen LogP contribution in [0.3, 0.4) is 0 Å². The highest BCUT2D eigenvalue weighted by Gasteiger charge is 2.20. The Kier molecular flexibility index (Phi) is 7.18. The van der Waals surface area contributed by atoms with Crippen LogP contribution in [0.1, 0.15) is 0 Å².